The number of hydrogen-bond donors (Lipinski definition) is 1. The highest BCUT2D eigenvalue weighted by molar-refractivity contribution is 7.09. The van der Waals surface area contributed by atoms with Gasteiger partial charge in [-0.25, -0.2) is 4.98 Å². The number of thiazole rings is 1. The Morgan fingerprint density at radius 3 is 2.78 bits per heavy atom. The zero-order valence-corrected chi connectivity index (χ0v) is 11.6. The molecule has 0 saturated heterocycles. The smallest absolute Gasteiger partial charge is 0.119 e. The Morgan fingerprint density at radius 2 is 2.11 bits per heavy atom. The largest absolute Gasteiger partial charge is 0.493 e. The lowest BCUT2D eigenvalue weighted by molar-refractivity contribution is 0.321. The summed E-state index contributed by atoms with van der Waals surface area (Å²) in [6, 6.07) is 6.17. The van der Waals surface area contributed by atoms with Gasteiger partial charge in [0.05, 0.1) is 17.3 Å². The summed E-state index contributed by atoms with van der Waals surface area (Å²) < 4.78 is 5.72. The second-order valence-corrected chi connectivity index (χ2v) is 5.22. The van der Waals surface area contributed by atoms with Crippen LogP contribution in [0.2, 0.25) is 0 Å². The van der Waals surface area contributed by atoms with Crippen molar-refractivity contribution >= 4 is 11.3 Å². The van der Waals surface area contributed by atoms with E-state index >= 15 is 0 Å². The molecule has 1 heterocycles. The molecule has 0 bridgehead atoms. The Hall–Kier alpha value is -1.39. The van der Waals surface area contributed by atoms with E-state index in [1.165, 1.54) is 11.1 Å². The predicted molar refractivity (Wildman–Crippen MR) is 75.1 cm³/mol. The molecule has 1 aromatic heterocycles. The first-order chi connectivity index (χ1) is 8.69. The van der Waals surface area contributed by atoms with Crippen LogP contribution in [-0.2, 0) is 13.0 Å². The summed E-state index contributed by atoms with van der Waals surface area (Å²) in [5.74, 6) is 0.925. The molecule has 18 heavy (non-hydrogen) atoms. The van der Waals surface area contributed by atoms with Gasteiger partial charge in [0.15, 0.2) is 0 Å². The van der Waals surface area contributed by atoms with Gasteiger partial charge in [0, 0.05) is 18.3 Å². The van der Waals surface area contributed by atoms with Crippen LogP contribution in [0.5, 0.6) is 5.75 Å². The van der Waals surface area contributed by atoms with Gasteiger partial charge in [0.1, 0.15) is 5.75 Å². The number of aromatic nitrogens is 1. The van der Waals surface area contributed by atoms with Crippen LogP contribution in [0.1, 0.15) is 21.8 Å². The van der Waals surface area contributed by atoms with Gasteiger partial charge in [0.2, 0.25) is 0 Å². The quantitative estimate of drug-likeness (QED) is 0.901. The third-order valence-corrected chi connectivity index (χ3v) is 3.83. The van der Waals surface area contributed by atoms with Crippen molar-refractivity contribution in [3.63, 3.8) is 0 Å². The zero-order chi connectivity index (χ0) is 13.0. The number of nitrogens with two attached hydrogens (primary N) is 1. The van der Waals surface area contributed by atoms with Gasteiger partial charge in [0.25, 0.3) is 0 Å². The Labute approximate surface area is 112 Å². The molecule has 0 aliphatic carbocycles. The van der Waals surface area contributed by atoms with Gasteiger partial charge in [-0.2, -0.15) is 0 Å². The third kappa shape index (κ3) is 3.31. The molecule has 4 heteroatoms. The number of ether oxygens (including phenoxy) is 1. The second-order valence-electron chi connectivity index (χ2n) is 4.28. The SMILES string of the molecule is Cc1ccc(OCCc2nc(CN)cs2)cc1C. The first-order valence-corrected chi connectivity index (χ1v) is 6.90. The molecule has 0 radical (unpaired) electrons. The molecular formula is C14H18N2OS. The van der Waals surface area contributed by atoms with Crippen LogP contribution >= 0.6 is 11.3 Å². The Morgan fingerprint density at radius 1 is 1.28 bits per heavy atom. The summed E-state index contributed by atoms with van der Waals surface area (Å²) in [6.07, 6.45) is 0.831. The van der Waals surface area contributed by atoms with E-state index in [0.29, 0.717) is 13.2 Å². The summed E-state index contributed by atoms with van der Waals surface area (Å²) in [5.41, 5.74) is 9.03. The molecule has 0 aliphatic rings. The summed E-state index contributed by atoms with van der Waals surface area (Å²) >= 11 is 1.64. The molecule has 1 aromatic carbocycles. The maximum absolute atomic E-state index is 5.72. The number of rotatable bonds is 5. The Balaban J connectivity index is 1.86. The van der Waals surface area contributed by atoms with E-state index in [0.717, 1.165) is 22.9 Å². The van der Waals surface area contributed by atoms with E-state index in [-0.39, 0.29) is 0 Å². The Bertz CT molecular complexity index is 522. The average molecular weight is 262 g/mol. The minimum absolute atomic E-state index is 0.508. The van der Waals surface area contributed by atoms with Crippen molar-refractivity contribution in [3.05, 3.63) is 45.4 Å². The molecule has 2 N–H and O–H groups in total. The van der Waals surface area contributed by atoms with Crippen molar-refractivity contribution in [2.24, 2.45) is 5.73 Å². The molecule has 2 rings (SSSR count). The molecule has 0 fully saturated rings. The van der Waals surface area contributed by atoms with Crippen LogP contribution < -0.4 is 10.5 Å². The van der Waals surface area contributed by atoms with Crippen molar-refractivity contribution < 1.29 is 4.74 Å². The monoisotopic (exact) mass is 262 g/mol. The van der Waals surface area contributed by atoms with E-state index in [4.69, 9.17) is 10.5 Å². The summed E-state index contributed by atoms with van der Waals surface area (Å²) in [7, 11) is 0. The number of hydrogen-bond acceptors (Lipinski definition) is 4. The lowest BCUT2D eigenvalue weighted by atomic mass is 10.1. The lowest BCUT2D eigenvalue weighted by Crippen LogP contribution is -2.02. The highest BCUT2D eigenvalue weighted by Gasteiger charge is 2.02. The predicted octanol–water partition coefficient (Wildman–Crippen LogP) is 2.84. The molecule has 0 atom stereocenters. The molecule has 0 amide bonds. The fraction of sp³-hybridized carbons (Fsp3) is 0.357. The van der Waals surface area contributed by atoms with Crippen molar-refractivity contribution in [2.45, 2.75) is 26.8 Å². The van der Waals surface area contributed by atoms with E-state index < -0.39 is 0 Å². The average Bonchev–Trinajstić information content (AvgIpc) is 2.82. The summed E-state index contributed by atoms with van der Waals surface area (Å²) in [6.45, 7) is 5.36. The topological polar surface area (TPSA) is 48.1 Å². The maximum Gasteiger partial charge on any atom is 0.119 e. The second kappa shape index (κ2) is 5.98. The van der Waals surface area contributed by atoms with E-state index in [1.54, 1.807) is 11.3 Å². The van der Waals surface area contributed by atoms with Crippen molar-refractivity contribution in [1.82, 2.24) is 4.98 Å². The van der Waals surface area contributed by atoms with Crippen LogP contribution in [0.3, 0.4) is 0 Å². The van der Waals surface area contributed by atoms with Crippen molar-refractivity contribution in [3.8, 4) is 5.75 Å². The molecule has 2 aromatic rings. The highest BCUT2D eigenvalue weighted by atomic mass is 32.1. The zero-order valence-electron chi connectivity index (χ0n) is 10.8. The molecule has 96 valence electrons. The lowest BCUT2D eigenvalue weighted by Gasteiger charge is -2.07. The first kappa shape index (κ1) is 13.1. The van der Waals surface area contributed by atoms with Gasteiger partial charge in [-0.1, -0.05) is 6.07 Å². The highest BCUT2D eigenvalue weighted by Crippen LogP contribution is 2.17. The van der Waals surface area contributed by atoms with Crippen LogP contribution in [0, 0.1) is 13.8 Å². The molecule has 3 nitrogen and oxygen atoms in total. The van der Waals surface area contributed by atoms with Crippen LogP contribution in [0.25, 0.3) is 0 Å². The van der Waals surface area contributed by atoms with Crippen LogP contribution in [0.4, 0.5) is 0 Å². The van der Waals surface area contributed by atoms with E-state index in [1.807, 2.05) is 11.4 Å². The van der Waals surface area contributed by atoms with Gasteiger partial charge >= 0.3 is 0 Å². The number of nitrogens with zero attached hydrogens (tertiary/aromatic N) is 1. The van der Waals surface area contributed by atoms with Gasteiger partial charge in [-0.05, 0) is 37.1 Å². The van der Waals surface area contributed by atoms with Gasteiger partial charge in [-0.15, -0.1) is 11.3 Å². The fourth-order valence-electron chi connectivity index (χ4n) is 1.62. The normalized spacial score (nSPS) is 10.6. The Kier molecular flexibility index (Phi) is 4.33. The molecular weight excluding hydrogens is 244 g/mol. The van der Waals surface area contributed by atoms with Crippen molar-refractivity contribution in [1.29, 1.82) is 0 Å². The number of aryl methyl sites for hydroxylation is 2. The van der Waals surface area contributed by atoms with Gasteiger partial charge < -0.3 is 10.5 Å². The number of benzene rings is 1. The maximum atomic E-state index is 5.72. The summed E-state index contributed by atoms with van der Waals surface area (Å²) in [5, 5.41) is 3.09. The third-order valence-electron chi connectivity index (χ3n) is 2.87. The minimum Gasteiger partial charge on any atom is -0.493 e. The molecule has 0 unspecified atom stereocenters. The fourth-order valence-corrected chi connectivity index (χ4v) is 2.41. The minimum atomic E-state index is 0.508. The standard InChI is InChI=1S/C14H18N2OS/c1-10-3-4-13(7-11(10)2)17-6-5-14-16-12(8-15)9-18-14/h3-4,7,9H,5-6,8,15H2,1-2H3. The van der Waals surface area contributed by atoms with Gasteiger partial charge in [-0.3, -0.25) is 0 Å². The van der Waals surface area contributed by atoms with E-state index in [9.17, 15) is 0 Å². The van der Waals surface area contributed by atoms with Crippen LogP contribution in [0.15, 0.2) is 23.6 Å². The van der Waals surface area contributed by atoms with Crippen LogP contribution in [-0.4, -0.2) is 11.6 Å². The molecule has 0 spiro atoms. The van der Waals surface area contributed by atoms with Crippen molar-refractivity contribution in [2.75, 3.05) is 6.61 Å². The first-order valence-electron chi connectivity index (χ1n) is 6.02. The summed E-state index contributed by atoms with van der Waals surface area (Å²) in [4.78, 5) is 4.41. The molecule has 0 aliphatic heterocycles. The van der Waals surface area contributed by atoms with E-state index in [2.05, 4.69) is 31.0 Å². The molecule has 0 saturated carbocycles.